The Morgan fingerprint density at radius 3 is 2.36 bits per heavy atom. The number of nitrogens with one attached hydrogen (secondary N) is 3. The summed E-state index contributed by atoms with van der Waals surface area (Å²) in [6.07, 6.45) is 9.76. The molecular weight excluding hydrogens is 624 g/mol. The van der Waals surface area contributed by atoms with Crippen LogP contribution in [-0.4, -0.2) is 81.1 Å². The van der Waals surface area contributed by atoms with Crippen molar-refractivity contribution < 1.29 is 9.90 Å². The highest BCUT2D eigenvalue weighted by Crippen LogP contribution is 2.31. The van der Waals surface area contributed by atoms with Crippen molar-refractivity contribution in [3.8, 4) is 23.0 Å². The number of aliphatic hydroxyl groups excluding tert-OH is 1. The quantitative estimate of drug-likeness (QED) is 0.162. The fourth-order valence-corrected chi connectivity index (χ4v) is 6.62. The SMILES string of the molecule is CN1CCN(Cc2ccc(-c3cnc(Nc4ccc(C#Cc5cc(NC(=O)C6CCC6)ccn5)cc4)nc3NC3CCC(O)CC3)cc2)CC1. The van der Waals surface area contributed by atoms with E-state index in [0.717, 1.165) is 112 Å². The first-order valence-corrected chi connectivity index (χ1v) is 17.9. The van der Waals surface area contributed by atoms with Crippen LogP contribution in [0.5, 0.6) is 0 Å². The first-order valence-electron chi connectivity index (χ1n) is 17.9. The van der Waals surface area contributed by atoms with E-state index >= 15 is 0 Å². The molecule has 1 saturated heterocycles. The van der Waals surface area contributed by atoms with E-state index in [1.807, 2.05) is 36.5 Å². The third-order valence-corrected chi connectivity index (χ3v) is 10.1. The Bertz CT molecular complexity index is 1820. The number of aromatic nitrogens is 3. The summed E-state index contributed by atoms with van der Waals surface area (Å²) in [5.74, 6) is 7.77. The number of amides is 1. The van der Waals surface area contributed by atoms with Crippen molar-refractivity contribution in [3.63, 3.8) is 0 Å². The van der Waals surface area contributed by atoms with Crippen LogP contribution in [0, 0.1) is 17.8 Å². The Labute approximate surface area is 294 Å². The molecule has 0 unspecified atom stereocenters. The van der Waals surface area contributed by atoms with Gasteiger partial charge in [-0.15, -0.1) is 0 Å². The topological polar surface area (TPSA) is 119 Å². The Kier molecular flexibility index (Phi) is 10.6. The van der Waals surface area contributed by atoms with Crippen LogP contribution < -0.4 is 16.0 Å². The largest absolute Gasteiger partial charge is 0.393 e. The highest BCUT2D eigenvalue weighted by molar-refractivity contribution is 5.93. The van der Waals surface area contributed by atoms with Gasteiger partial charge in [-0.05, 0) is 99.0 Å². The van der Waals surface area contributed by atoms with Gasteiger partial charge in [-0.3, -0.25) is 9.69 Å². The lowest BCUT2D eigenvalue weighted by molar-refractivity contribution is -0.122. The molecule has 258 valence electrons. The van der Waals surface area contributed by atoms with E-state index in [2.05, 4.69) is 73.9 Å². The maximum atomic E-state index is 12.3. The lowest BCUT2D eigenvalue weighted by Gasteiger charge is -2.32. The molecule has 4 aromatic rings. The van der Waals surface area contributed by atoms with Gasteiger partial charge < -0.3 is 26.0 Å². The summed E-state index contributed by atoms with van der Waals surface area (Å²) in [7, 11) is 2.18. The number of nitrogens with zero attached hydrogens (tertiary/aromatic N) is 5. The second-order valence-corrected chi connectivity index (χ2v) is 13.9. The summed E-state index contributed by atoms with van der Waals surface area (Å²) in [5.41, 5.74) is 6.35. The van der Waals surface area contributed by atoms with Gasteiger partial charge in [0.15, 0.2) is 0 Å². The van der Waals surface area contributed by atoms with Crippen molar-refractivity contribution in [1.29, 1.82) is 0 Å². The second kappa shape index (κ2) is 15.8. The first kappa shape index (κ1) is 33.7. The molecule has 2 saturated carbocycles. The van der Waals surface area contributed by atoms with E-state index in [1.165, 1.54) is 5.56 Å². The van der Waals surface area contributed by atoms with Crippen LogP contribution in [0.1, 0.15) is 61.8 Å². The minimum atomic E-state index is -0.221. The number of anilines is 4. The van der Waals surface area contributed by atoms with Gasteiger partial charge in [0, 0.05) is 79.6 Å². The second-order valence-electron chi connectivity index (χ2n) is 13.9. The van der Waals surface area contributed by atoms with Gasteiger partial charge in [0.05, 0.1) is 6.10 Å². The molecule has 0 radical (unpaired) electrons. The minimum Gasteiger partial charge on any atom is -0.393 e. The molecule has 7 rings (SSSR count). The summed E-state index contributed by atoms with van der Waals surface area (Å²) in [6.45, 7) is 5.36. The standard InChI is InChI=1S/C40H46N8O2/c1-47-21-23-48(24-22-47)27-29-5-10-30(11-6-29)37-26-42-40(46-38(37)43-32-15-17-36(49)18-16-32)45-33-12-7-28(8-13-33)9-14-34-25-35(19-20-41-34)44-39(50)31-3-2-4-31/h5-8,10-13,19-20,25-26,31-32,36,49H,2-4,15-18,21-24,27H2,1H3,(H,41,44,50)(H2,42,43,45,46). The lowest BCUT2D eigenvalue weighted by atomic mass is 9.85. The predicted octanol–water partition coefficient (Wildman–Crippen LogP) is 5.88. The summed E-state index contributed by atoms with van der Waals surface area (Å²) in [5, 5.41) is 20.1. The molecule has 4 N–H and O–H groups in total. The molecule has 1 amide bonds. The molecule has 3 fully saturated rings. The zero-order chi connectivity index (χ0) is 34.3. The maximum absolute atomic E-state index is 12.3. The van der Waals surface area contributed by atoms with Crippen LogP contribution in [0.25, 0.3) is 11.1 Å². The number of hydrogen-bond acceptors (Lipinski definition) is 9. The summed E-state index contributed by atoms with van der Waals surface area (Å²) in [4.78, 5) is 31.2. The third kappa shape index (κ3) is 8.85. The average Bonchev–Trinajstić information content (AvgIpc) is 3.10. The zero-order valence-electron chi connectivity index (χ0n) is 28.7. The first-order chi connectivity index (χ1) is 24.4. The molecule has 2 aromatic heterocycles. The highest BCUT2D eigenvalue weighted by Gasteiger charge is 2.25. The van der Waals surface area contributed by atoms with Crippen LogP contribution in [0.3, 0.4) is 0 Å². The van der Waals surface area contributed by atoms with Gasteiger partial charge in [-0.2, -0.15) is 4.98 Å². The number of aliphatic hydroxyl groups is 1. The van der Waals surface area contributed by atoms with E-state index < -0.39 is 0 Å². The Morgan fingerprint density at radius 2 is 1.64 bits per heavy atom. The highest BCUT2D eigenvalue weighted by atomic mass is 16.3. The fraction of sp³-hybridized carbons (Fsp3) is 0.400. The number of rotatable bonds is 9. The summed E-state index contributed by atoms with van der Waals surface area (Å²) in [6, 6.07) is 20.4. The van der Waals surface area contributed by atoms with E-state index in [4.69, 9.17) is 9.97 Å². The van der Waals surface area contributed by atoms with E-state index in [0.29, 0.717) is 11.6 Å². The van der Waals surface area contributed by atoms with Gasteiger partial charge in [0.25, 0.3) is 0 Å². The summed E-state index contributed by atoms with van der Waals surface area (Å²) < 4.78 is 0. The zero-order valence-corrected chi connectivity index (χ0v) is 28.7. The smallest absolute Gasteiger partial charge is 0.229 e. The molecule has 0 spiro atoms. The van der Waals surface area contributed by atoms with Crippen molar-refractivity contribution in [1.82, 2.24) is 24.8 Å². The Balaban J connectivity index is 1.03. The van der Waals surface area contributed by atoms with Crippen LogP contribution in [0.15, 0.2) is 73.1 Å². The summed E-state index contributed by atoms with van der Waals surface area (Å²) >= 11 is 0. The molecule has 50 heavy (non-hydrogen) atoms. The van der Waals surface area contributed by atoms with Crippen molar-refractivity contribution in [3.05, 3.63) is 89.9 Å². The van der Waals surface area contributed by atoms with Crippen molar-refractivity contribution in [2.24, 2.45) is 5.92 Å². The van der Waals surface area contributed by atoms with Crippen molar-refractivity contribution in [2.75, 3.05) is 49.2 Å². The molecule has 3 aliphatic rings. The average molecular weight is 671 g/mol. The van der Waals surface area contributed by atoms with Gasteiger partial charge >= 0.3 is 0 Å². The van der Waals surface area contributed by atoms with E-state index in [1.54, 1.807) is 12.3 Å². The van der Waals surface area contributed by atoms with Crippen LogP contribution >= 0.6 is 0 Å². The van der Waals surface area contributed by atoms with Crippen LogP contribution in [-0.2, 0) is 11.3 Å². The number of carbonyl (C=O) groups is 1. The number of carbonyl (C=O) groups excluding carboxylic acids is 1. The maximum Gasteiger partial charge on any atom is 0.229 e. The molecule has 10 nitrogen and oxygen atoms in total. The molecule has 2 aliphatic carbocycles. The number of benzene rings is 2. The molecule has 0 bridgehead atoms. The van der Waals surface area contributed by atoms with Crippen molar-refractivity contribution >= 4 is 29.0 Å². The van der Waals surface area contributed by atoms with Gasteiger partial charge in [0.1, 0.15) is 11.5 Å². The van der Waals surface area contributed by atoms with Crippen LogP contribution in [0.4, 0.5) is 23.1 Å². The monoisotopic (exact) mass is 670 g/mol. The number of piperazine rings is 1. The number of pyridine rings is 1. The van der Waals surface area contributed by atoms with Crippen molar-refractivity contribution in [2.45, 2.75) is 63.6 Å². The molecule has 2 aromatic carbocycles. The predicted molar refractivity (Wildman–Crippen MR) is 198 cm³/mol. The van der Waals surface area contributed by atoms with Gasteiger partial charge in [-0.25, -0.2) is 9.97 Å². The van der Waals surface area contributed by atoms with Gasteiger partial charge in [0.2, 0.25) is 11.9 Å². The molecule has 0 atom stereocenters. The molecule has 3 heterocycles. The molecule has 10 heteroatoms. The Hall–Kier alpha value is -4.82. The molecule has 1 aliphatic heterocycles. The lowest BCUT2D eigenvalue weighted by Crippen LogP contribution is -2.43. The molecular formula is C40H46N8O2. The number of likely N-dealkylation sites (N-methyl/N-ethyl adjacent to an activating group) is 1. The van der Waals surface area contributed by atoms with Crippen LogP contribution in [0.2, 0.25) is 0 Å². The number of hydrogen-bond donors (Lipinski definition) is 4. The van der Waals surface area contributed by atoms with Gasteiger partial charge in [-0.1, -0.05) is 36.6 Å². The normalized spacial score (nSPS) is 19.9. The van der Waals surface area contributed by atoms with E-state index in [-0.39, 0.29) is 24.0 Å². The minimum absolute atomic E-state index is 0.0746. The third-order valence-electron chi connectivity index (χ3n) is 10.1. The van der Waals surface area contributed by atoms with E-state index in [9.17, 15) is 9.90 Å². The Morgan fingerprint density at radius 1 is 0.880 bits per heavy atom. The fourth-order valence-electron chi connectivity index (χ4n) is 6.62.